The van der Waals surface area contributed by atoms with Crippen LogP contribution in [-0.2, 0) is 6.54 Å². The molecule has 1 saturated heterocycles. The number of nitrogens with one attached hydrogen (secondary N) is 1. The Morgan fingerprint density at radius 3 is 2.88 bits per heavy atom. The first-order chi connectivity index (χ1) is 8.28. The second kappa shape index (κ2) is 6.34. The third-order valence-corrected chi connectivity index (χ3v) is 3.60. The molecule has 1 aliphatic rings. The zero-order valence-electron chi connectivity index (χ0n) is 10.3. The van der Waals surface area contributed by atoms with Crippen molar-refractivity contribution in [3.05, 3.63) is 29.0 Å². The predicted octanol–water partition coefficient (Wildman–Crippen LogP) is 2.17. The average Bonchev–Trinajstić information content (AvgIpc) is 2.32. The number of likely N-dealkylation sites (tertiary alicyclic amines) is 1. The van der Waals surface area contributed by atoms with E-state index in [9.17, 15) is 0 Å². The summed E-state index contributed by atoms with van der Waals surface area (Å²) in [6.07, 6.45) is 4.37. The van der Waals surface area contributed by atoms with Crippen LogP contribution in [0.4, 0.5) is 0 Å². The Hall–Kier alpha value is -0.640. The molecule has 2 heterocycles. The molecule has 17 heavy (non-hydrogen) atoms. The van der Waals surface area contributed by atoms with Crippen LogP contribution in [0.25, 0.3) is 0 Å². The highest BCUT2D eigenvalue weighted by atomic mass is 35.5. The van der Waals surface area contributed by atoms with Gasteiger partial charge in [-0.2, -0.15) is 0 Å². The van der Waals surface area contributed by atoms with Gasteiger partial charge in [0.05, 0.1) is 0 Å². The SMILES string of the molecule is CNCC1CCN(Cc2ccnc(Cl)c2)CC1. The van der Waals surface area contributed by atoms with Crippen molar-refractivity contribution in [3.63, 3.8) is 0 Å². The van der Waals surface area contributed by atoms with Gasteiger partial charge in [-0.3, -0.25) is 4.90 Å². The number of pyridine rings is 1. The average molecular weight is 254 g/mol. The molecule has 4 heteroatoms. The molecule has 3 nitrogen and oxygen atoms in total. The van der Waals surface area contributed by atoms with E-state index < -0.39 is 0 Å². The number of nitrogens with zero attached hydrogens (tertiary/aromatic N) is 2. The lowest BCUT2D eigenvalue weighted by molar-refractivity contribution is 0.177. The Labute approximate surface area is 108 Å². The number of aromatic nitrogens is 1. The van der Waals surface area contributed by atoms with Gasteiger partial charge in [-0.15, -0.1) is 0 Å². The minimum atomic E-state index is 0.590. The van der Waals surface area contributed by atoms with Crippen LogP contribution < -0.4 is 5.32 Å². The van der Waals surface area contributed by atoms with Crippen LogP contribution in [0.15, 0.2) is 18.3 Å². The number of halogens is 1. The van der Waals surface area contributed by atoms with E-state index in [1.807, 2.05) is 19.2 Å². The summed E-state index contributed by atoms with van der Waals surface area (Å²) < 4.78 is 0. The molecule has 1 aromatic heterocycles. The van der Waals surface area contributed by atoms with Crippen LogP contribution >= 0.6 is 11.6 Å². The first-order valence-electron chi connectivity index (χ1n) is 6.25. The van der Waals surface area contributed by atoms with Crippen LogP contribution in [0.3, 0.4) is 0 Å². The first kappa shape index (κ1) is 12.8. The van der Waals surface area contributed by atoms with Gasteiger partial charge in [0.2, 0.25) is 0 Å². The molecule has 94 valence electrons. The monoisotopic (exact) mass is 253 g/mol. The van der Waals surface area contributed by atoms with Crippen LogP contribution in [-0.4, -0.2) is 36.6 Å². The normalized spacial score (nSPS) is 18.5. The van der Waals surface area contributed by atoms with Crippen molar-refractivity contribution >= 4 is 11.6 Å². The van der Waals surface area contributed by atoms with E-state index in [4.69, 9.17) is 11.6 Å². The Balaban J connectivity index is 1.82. The fraction of sp³-hybridized carbons (Fsp3) is 0.615. The second-order valence-corrected chi connectivity index (χ2v) is 5.15. The molecule has 0 spiro atoms. The summed E-state index contributed by atoms with van der Waals surface area (Å²) in [6.45, 7) is 4.52. The maximum absolute atomic E-state index is 5.89. The van der Waals surface area contributed by atoms with Crippen LogP contribution in [0, 0.1) is 5.92 Å². The van der Waals surface area contributed by atoms with E-state index in [-0.39, 0.29) is 0 Å². The molecule has 2 rings (SSSR count). The van der Waals surface area contributed by atoms with Crippen molar-refractivity contribution in [1.82, 2.24) is 15.2 Å². The van der Waals surface area contributed by atoms with Crippen LogP contribution in [0.1, 0.15) is 18.4 Å². The lowest BCUT2D eigenvalue weighted by Crippen LogP contribution is -2.36. The van der Waals surface area contributed by atoms with Crippen molar-refractivity contribution in [2.45, 2.75) is 19.4 Å². The van der Waals surface area contributed by atoms with Gasteiger partial charge in [0, 0.05) is 12.7 Å². The lowest BCUT2D eigenvalue weighted by Gasteiger charge is -2.31. The number of rotatable bonds is 4. The molecule has 0 amide bonds. The van der Waals surface area contributed by atoms with E-state index in [1.165, 1.54) is 31.5 Å². The number of hydrogen-bond donors (Lipinski definition) is 1. The molecule has 0 atom stereocenters. The minimum absolute atomic E-state index is 0.590. The largest absolute Gasteiger partial charge is 0.319 e. The topological polar surface area (TPSA) is 28.2 Å². The maximum atomic E-state index is 5.89. The number of piperidine rings is 1. The third kappa shape index (κ3) is 3.95. The third-order valence-electron chi connectivity index (χ3n) is 3.40. The molecule has 1 fully saturated rings. The van der Waals surface area contributed by atoms with Crippen LogP contribution in [0.2, 0.25) is 5.15 Å². The van der Waals surface area contributed by atoms with E-state index >= 15 is 0 Å². The highest BCUT2D eigenvalue weighted by Gasteiger charge is 2.18. The Morgan fingerprint density at radius 2 is 2.24 bits per heavy atom. The molecule has 0 aliphatic carbocycles. The minimum Gasteiger partial charge on any atom is -0.319 e. The van der Waals surface area contributed by atoms with Crippen LogP contribution in [0.5, 0.6) is 0 Å². The summed E-state index contributed by atoms with van der Waals surface area (Å²) in [7, 11) is 2.03. The van der Waals surface area contributed by atoms with Crippen molar-refractivity contribution in [3.8, 4) is 0 Å². The summed E-state index contributed by atoms with van der Waals surface area (Å²) in [6, 6.07) is 4.01. The zero-order chi connectivity index (χ0) is 12.1. The van der Waals surface area contributed by atoms with Gasteiger partial charge in [-0.05, 0) is 63.1 Å². The van der Waals surface area contributed by atoms with E-state index in [2.05, 4.69) is 15.2 Å². The smallest absolute Gasteiger partial charge is 0.129 e. The molecule has 0 radical (unpaired) electrons. The highest BCUT2D eigenvalue weighted by molar-refractivity contribution is 6.29. The fourth-order valence-corrected chi connectivity index (χ4v) is 2.63. The van der Waals surface area contributed by atoms with Crippen molar-refractivity contribution < 1.29 is 0 Å². The molecular formula is C13H20ClN3. The Morgan fingerprint density at radius 1 is 1.47 bits per heavy atom. The zero-order valence-corrected chi connectivity index (χ0v) is 11.1. The molecule has 0 bridgehead atoms. The Bertz CT molecular complexity index is 348. The molecule has 0 unspecified atom stereocenters. The van der Waals surface area contributed by atoms with Gasteiger partial charge in [-0.1, -0.05) is 11.6 Å². The first-order valence-corrected chi connectivity index (χ1v) is 6.63. The van der Waals surface area contributed by atoms with E-state index in [1.54, 1.807) is 6.20 Å². The molecule has 1 aromatic rings. The quantitative estimate of drug-likeness (QED) is 0.834. The summed E-state index contributed by atoms with van der Waals surface area (Å²) in [5.41, 5.74) is 1.26. The molecule has 1 N–H and O–H groups in total. The van der Waals surface area contributed by atoms with Gasteiger partial charge in [0.25, 0.3) is 0 Å². The molecule has 1 aliphatic heterocycles. The van der Waals surface area contributed by atoms with Gasteiger partial charge < -0.3 is 5.32 Å². The summed E-state index contributed by atoms with van der Waals surface area (Å²) in [5.74, 6) is 0.845. The summed E-state index contributed by atoms with van der Waals surface area (Å²) in [5, 5.41) is 3.86. The van der Waals surface area contributed by atoms with E-state index in [0.29, 0.717) is 5.15 Å². The predicted molar refractivity (Wildman–Crippen MR) is 71.2 cm³/mol. The molecule has 0 aromatic carbocycles. The van der Waals surface area contributed by atoms with Gasteiger partial charge in [0.15, 0.2) is 0 Å². The van der Waals surface area contributed by atoms with Gasteiger partial charge in [0.1, 0.15) is 5.15 Å². The second-order valence-electron chi connectivity index (χ2n) is 4.76. The van der Waals surface area contributed by atoms with Crippen molar-refractivity contribution in [1.29, 1.82) is 0 Å². The van der Waals surface area contributed by atoms with Crippen molar-refractivity contribution in [2.24, 2.45) is 5.92 Å². The molecular weight excluding hydrogens is 234 g/mol. The van der Waals surface area contributed by atoms with Crippen molar-refractivity contribution in [2.75, 3.05) is 26.7 Å². The standard InChI is InChI=1S/C13H20ClN3/c1-15-9-11-3-6-17(7-4-11)10-12-2-5-16-13(14)8-12/h2,5,8,11,15H,3-4,6-7,9-10H2,1H3. The maximum Gasteiger partial charge on any atom is 0.129 e. The number of hydrogen-bond acceptors (Lipinski definition) is 3. The Kier molecular flexibility index (Phi) is 4.77. The molecule has 0 saturated carbocycles. The summed E-state index contributed by atoms with van der Waals surface area (Å²) in [4.78, 5) is 6.51. The lowest BCUT2D eigenvalue weighted by atomic mass is 9.96. The van der Waals surface area contributed by atoms with E-state index in [0.717, 1.165) is 19.0 Å². The highest BCUT2D eigenvalue weighted by Crippen LogP contribution is 2.18. The van der Waals surface area contributed by atoms with Gasteiger partial charge in [-0.25, -0.2) is 4.98 Å². The summed E-state index contributed by atoms with van der Waals surface area (Å²) >= 11 is 5.89. The van der Waals surface area contributed by atoms with Gasteiger partial charge >= 0.3 is 0 Å². The fourth-order valence-electron chi connectivity index (χ4n) is 2.44.